The van der Waals surface area contributed by atoms with E-state index >= 15 is 0 Å². The van der Waals surface area contributed by atoms with Gasteiger partial charge in [0.25, 0.3) is 5.91 Å². The molecular formula is C31H40N6O3. The molecule has 9 heteroatoms. The van der Waals surface area contributed by atoms with Gasteiger partial charge in [0.1, 0.15) is 11.9 Å². The Labute approximate surface area is 236 Å². The molecule has 0 saturated heterocycles. The van der Waals surface area contributed by atoms with Crippen LogP contribution in [0.1, 0.15) is 71.5 Å². The Hall–Kier alpha value is -3.72. The third-order valence-electron chi connectivity index (χ3n) is 7.81. The van der Waals surface area contributed by atoms with E-state index in [9.17, 15) is 14.7 Å². The van der Waals surface area contributed by atoms with Crippen molar-refractivity contribution in [2.45, 2.75) is 77.3 Å². The van der Waals surface area contributed by atoms with Crippen molar-refractivity contribution in [3.63, 3.8) is 0 Å². The normalized spacial score (nSPS) is 15.4. The lowest BCUT2D eigenvalue weighted by Crippen LogP contribution is -2.43. The van der Waals surface area contributed by atoms with Gasteiger partial charge in [-0.25, -0.2) is 14.5 Å². The van der Waals surface area contributed by atoms with Gasteiger partial charge in [0.05, 0.1) is 11.4 Å². The number of nitrogens with one attached hydrogen (secondary N) is 2. The fourth-order valence-electron chi connectivity index (χ4n) is 5.51. The molecule has 1 aliphatic carbocycles. The van der Waals surface area contributed by atoms with Gasteiger partial charge in [-0.05, 0) is 108 Å². The lowest BCUT2D eigenvalue weighted by molar-refractivity contribution is -0.139. The van der Waals surface area contributed by atoms with Gasteiger partial charge in [0.15, 0.2) is 0 Å². The minimum Gasteiger partial charge on any atom is -0.480 e. The number of rotatable bonds is 13. The van der Waals surface area contributed by atoms with Crippen LogP contribution in [0.4, 0.5) is 5.82 Å². The average Bonchev–Trinajstić information content (AvgIpc) is 3.74. The van der Waals surface area contributed by atoms with E-state index in [1.807, 2.05) is 26.0 Å². The number of hydrogen-bond donors (Lipinski definition) is 3. The van der Waals surface area contributed by atoms with E-state index in [4.69, 9.17) is 4.98 Å². The van der Waals surface area contributed by atoms with E-state index in [1.54, 1.807) is 22.9 Å². The number of carbonyl (C=O) groups is 2. The Morgan fingerprint density at radius 1 is 1.15 bits per heavy atom. The molecule has 5 rings (SSSR count). The molecule has 1 amide bonds. The Kier molecular flexibility index (Phi) is 8.79. The van der Waals surface area contributed by atoms with Gasteiger partial charge >= 0.3 is 5.97 Å². The molecule has 1 unspecified atom stereocenters. The monoisotopic (exact) mass is 544 g/mol. The first-order valence-electron chi connectivity index (χ1n) is 14.5. The van der Waals surface area contributed by atoms with Crippen molar-refractivity contribution in [2.24, 2.45) is 0 Å². The highest BCUT2D eigenvalue weighted by Gasteiger charge is 2.30. The van der Waals surface area contributed by atoms with E-state index in [-0.39, 0.29) is 5.91 Å². The van der Waals surface area contributed by atoms with Crippen LogP contribution >= 0.6 is 0 Å². The van der Waals surface area contributed by atoms with Crippen LogP contribution < -0.4 is 10.6 Å². The maximum absolute atomic E-state index is 13.0. The smallest absolute Gasteiger partial charge is 0.326 e. The molecule has 2 aliphatic rings. The van der Waals surface area contributed by atoms with Gasteiger partial charge in [0.2, 0.25) is 0 Å². The quantitative estimate of drug-likeness (QED) is 0.275. The van der Waals surface area contributed by atoms with Crippen LogP contribution in [-0.4, -0.2) is 68.4 Å². The summed E-state index contributed by atoms with van der Waals surface area (Å²) in [4.78, 5) is 32.3. The standard InChI is InChI=1S/C31H40N6O3/c1-21-19-22(2)37(35-21)27-10-5-7-24(20-27)30(38)34-28(31(39)40)15-18-36(26-13-14-26)17-4-3-9-25-12-11-23-8-6-16-32-29(23)33-25/h5,7,10-12,19-20,26,28H,3-4,6,8-9,13-18H2,1-2H3,(H,32,33)(H,34,38)(H,39,40). The summed E-state index contributed by atoms with van der Waals surface area (Å²) < 4.78 is 1.78. The van der Waals surface area contributed by atoms with Crippen LogP contribution in [0.15, 0.2) is 42.5 Å². The van der Waals surface area contributed by atoms with Crippen molar-refractivity contribution in [3.8, 4) is 5.69 Å². The van der Waals surface area contributed by atoms with Crippen molar-refractivity contribution in [3.05, 3.63) is 70.7 Å². The van der Waals surface area contributed by atoms with Gasteiger partial charge < -0.3 is 20.6 Å². The predicted molar refractivity (Wildman–Crippen MR) is 155 cm³/mol. The highest BCUT2D eigenvalue weighted by atomic mass is 16.4. The number of pyridine rings is 1. The van der Waals surface area contributed by atoms with Crippen LogP contribution in [0.2, 0.25) is 0 Å². The largest absolute Gasteiger partial charge is 0.480 e. The number of aryl methyl sites for hydroxylation is 4. The molecule has 2 aromatic heterocycles. The Bertz CT molecular complexity index is 1350. The Morgan fingerprint density at radius 2 is 2.00 bits per heavy atom. The molecule has 1 fully saturated rings. The zero-order chi connectivity index (χ0) is 28.1. The summed E-state index contributed by atoms with van der Waals surface area (Å²) in [6, 6.07) is 13.0. The Balaban J connectivity index is 1.12. The fourth-order valence-corrected chi connectivity index (χ4v) is 5.51. The highest BCUT2D eigenvalue weighted by molar-refractivity contribution is 5.97. The number of hydrogen-bond acceptors (Lipinski definition) is 6. The first-order valence-corrected chi connectivity index (χ1v) is 14.5. The van der Waals surface area contributed by atoms with Gasteiger partial charge in [-0.3, -0.25) is 4.79 Å². The van der Waals surface area contributed by atoms with Gasteiger partial charge in [-0.15, -0.1) is 0 Å². The third kappa shape index (κ3) is 7.07. The summed E-state index contributed by atoms with van der Waals surface area (Å²) in [5.74, 6) is -0.352. The zero-order valence-electron chi connectivity index (χ0n) is 23.5. The second-order valence-electron chi connectivity index (χ2n) is 11.1. The number of nitrogens with zero attached hydrogens (tertiary/aromatic N) is 4. The first kappa shape index (κ1) is 27.8. The predicted octanol–water partition coefficient (Wildman–Crippen LogP) is 4.30. The molecule has 3 N–H and O–H groups in total. The van der Waals surface area contributed by atoms with Crippen molar-refractivity contribution >= 4 is 17.7 Å². The molecule has 0 radical (unpaired) electrons. The number of fused-ring (bicyclic) bond motifs is 1. The molecule has 3 heterocycles. The molecule has 1 aromatic carbocycles. The summed E-state index contributed by atoms with van der Waals surface area (Å²) in [5, 5.41) is 20.5. The molecular weight excluding hydrogens is 504 g/mol. The molecule has 1 atom stereocenters. The number of aromatic nitrogens is 3. The number of amides is 1. The van der Waals surface area contributed by atoms with Crippen LogP contribution in [0.25, 0.3) is 5.69 Å². The minimum atomic E-state index is -1.01. The number of benzene rings is 1. The number of carboxylic acid groups (broad SMARTS) is 1. The molecule has 40 heavy (non-hydrogen) atoms. The second-order valence-corrected chi connectivity index (χ2v) is 11.1. The van der Waals surface area contributed by atoms with Crippen LogP contribution in [0.3, 0.4) is 0 Å². The van der Waals surface area contributed by atoms with E-state index in [2.05, 4.69) is 32.8 Å². The zero-order valence-corrected chi connectivity index (χ0v) is 23.5. The van der Waals surface area contributed by atoms with Crippen LogP contribution in [0.5, 0.6) is 0 Å². The SMILES string of the molecule is Cc1cc(C)n(-c2cccc(C(=O)NC(CCN(CCCCc3ccc4c(n3)NCCC4)C3CC3)C(=O)O)c2)n1. The average molecular weight is 545 g/mol. The molecule has 212 valence electrons. The number of anilines is 1. The molecule has 3 aromatic rings. The van der Waals surface area contributed by atoms with Crippen molar-refractivity contribution in [2.75, 3.05) is 25.0 Å². The number of unbranched alkanes of at least 4 members (excludes halogenated alkanes) is 1. The lowest BCUT2D eigenvalue weighted by atomic mass is 10.1. The van der Waals surface area contributed by atoms with Crippen LogP contribution in [-0.2, 0) is 17.6 Å². The number of aliphatic carboxylic acids is 1. The summed E-state index contributed by atoms with van der Waals surface area (Å²) in [6.07, 6.45) is 7.95. The van der Waals surface area contributed by atoms with Gasteiger partial charge in [-0.2, -0.15) is 5.10 Å². The minimum absolute atomic E-state index is 0.368. The molecule has 1 aliphatic heterocycles. The Morgan fingerprint density at radius 3 is 2.75 bits per heavy atom. The number of carbonyl (C=O) groups excluding carboxylic acids is 1. The van der Waals surface area contributed by atoms with E-state index in [0.717, 1.165) is 86.6 Å². The first-order chi connectivity index (χ1) is 19.4. The summed E-state index contributed by atoms with van der Waals surface area (Å²) in [5.41, 5.74) is 5.49. The van der Waals surface area contributed by atoms with Crippen molar-refractivity contribution in [1.82, 2.24) is 25.0 Å². The van der Waals surface area contributed by atoms with E-state index < -0.39 is 12.0 Å². The topological polar surface area (TPSA) is 112 Å². The second kappa shape index (κ2) is 12.6. The molecule has 0 spiro atoms. The van der Waals surface area contributed by atoms with E-state index in [1.165, 1.54) is 5.56 Å². The summed E-state index contributed by atoms with van der Waals surface area (Å²) in [7, 11) is 0. The van der Waals surface area contributed by atoms with Crippen molar-refractivity contribution < 1.29 is 14.7 Å². The van der Waals surface area contributed by atoms with Crippen molar-refractivity contribution in [1.29, 1.82) is 0 Å². The fraction of sp³-hybridized carbons (Fsp3) is 0.484. The number of carboxylic acids is 1. The molecule has 0 bridgehead atoms. The summed E-state index contributed by atoms with van der Waals surface area (Å²) in [6.45, 7) is 6.45. The van der Waals surface area contributed by atoms with Crippen LogP contribution in [0, 0.1) is 13.8 Å². The molecule has 1 saturated carbocycles. The maximum atomic E-state index is 13.0. The van der Waals surface area contributed by atoms with Gasteiger partial charge in [-0.1, -0.05) is 12.1 Å². The van der Waals surface area contributed by atoms with E-state index in [0.29, 0.717) is 24.6 Å². The highest BCUT2D eigenvalue weighted by Crippen LogP contribution is 2.28. The maximum Gasteiger partial charge on any atom is 0.326 e. The lowest BCUT2D eigenvalue weighted by Gasteiger charge is -2.24. The third-order valence-corrected chi connectivity index (χ3v) is 7.81. The van der Waals surface area contributed by atoms with Gasteiger partial charge in [0, 0.05) is 36.1 Å². The molecule has 9 nitrogen and oxygen atoms in total. The summed E-state index contributed by atoms with van der Waals surface area (Å²) >= 11 is 0.